The van der Waals surface area contributed by atoms with Gasteiger partial charge in [0.1, 0.15) is 0 Å². The van der Waals surface area contributed by atoms with Gasteiger partial charge in [-0.1, -0.05) is 6.92 Å². The van der Waals surface area contributed by atoms with Crippen LogP contribution in [0.25, 0.3) is 11.2 Å². The molecule has 0 unspecified atom stereocenters. The van der Waals surface area contributed by atoms with Gasteiger partial charge >= 0.3 is 5.69 Å². The second-order valence-electron chi connectivity index (χ2n) is 6.25. The summed E-state index contributed by atoms with van der Waals surface area (Å²) in [5.41, 5.74) is 0.0449. The SMILES string of the molecule is CCC(=O)Nc1ccc(C(=O)Cn2c(Cl)nc3c2c(=O)n(C)c(=O)n3C)cc1. The molecule has 0 radical (unpaired) electrons. The number of anilines is 1. The third kappa shape index (κ3) is 3.36. The Morgan fingerprint density at radius 1 is 1.11 bits per heavy atom. The summed E-state index contributed by atoms with van der Waals surface area (Å²) in [4.78, 5) is 52.7. The van der Waals surface area contributed by atoms with E-state index in [0.29, 0.717) is 17.7 Å². The summed E-state index contributed by atoms with van der Waals surface area (Å²) in [7, 11) is 2.82. The van der Waals surface area contributed by atoms with E-state index in [1.54, 1.807) is 31.2 Å². The Hall–Kier alpha value is -3.20. The van der Waals surface area contributed by atoms with E-state index in [1.165, 1.54) is 23.2 Å². The number of Topliss-reactive ketones (excluding diaryl/α,β-unsaturated/α-hetero) is 1. The molecule has 3 aromatic rings. The molecular formula is C18H18ClN5O4. The second kappa shape index (κ2) is 7.43. The third-order valence-electron chi connectivity index (χ3n) is 4.41. The summed E-state index contributed by atoms with van der Waals surface area (Å²) in [6.07, 6.45) is 0.352. The molecule has 0 bridgehead atoms. The first-order valence-electron chi connectivity index (χ1n) is 8.49. The fourth-order valence-electron chi connectivity index (χ4n) is 2.79. The predicted molar refractivity (Wildman–Crippen MR) is 105 cm³/mol. The number of hydrogen-bond donors (Lipinski definition) is 1. The Morgan fingerprint density at radius 2 is 1.75 bits per heavy atom. The van der Waals surface area contributed by atoms with Crippen molar-refractivity contribution in [3.63, 3.8) is 0 Å². The van der Waals surface area contributed by atoms with Crippen LogP contribution in [0.1, 0.15) is 23.7 Å². The van der Waals surface area contributed by atoms with Crippen molar-refractivity contribution in [1.29, 1.82) is 0 Å². The zero-order valence-electron chi connectivity index (χ0n) is 15.5. The highest BCUT2D eigenvalue weighted by Gasteiger charge is 2.20. The average Bonchev–Trinajstić information content (AvgIpc) is 3.01. The smallest absolute Gasteiger partial charge is 0.326 e. The molecule has 3 rings (SSSR count). The number of nitrogens with one attached hydrogen (secondary N) is 1. The summed E-state index contributed by atoms with van der Waals surface area (Å²) in [5.74, 6) is -0.428. The maximum atomic E-state index is 12.7. The van der Waals surface area contributed by atoms with E-state index in [4.69, 9.17) is 11.6 Å². The van der Waals surface area contributed by atoms with E-state index in [9.17, 15) is 19.2 Å². The lowest BCUT2D eigenvalue weighted by Gasteiger charge is -2.08. The van der Waals surface area contributed by atoms with Crippen LogP contribution in [-0.2, 0) is 25.4 Å². The highest BCUT2D eigenvalue weighted by molar-refractivity contribution is 6.29. The number of amides is 1. The molecule has 2 aromatic heterocycles. The van der Waals surface area contributed by atoms with Gasteiger partial charge in [-0.2, -0.15) is 4.98 Å². The van der Waals surface area contributed by atoms with E-state index in [-0.39, 0.29) is 34.7 Å². The van der Waals surface area contributed by atoms with Crippen molar-refractivity contribution >= 4 is 40.1 Å². The maximum Gasteiger partial charge on any atom is 0.332 e. The predicted octanol–water partition coefficient (Wildman–Crippen LogP) is 1.32. The first-order chi connectivity index (χ1) is 13.2. The van der Waals surface area contributed by atoms with Gasteiger partial charge in [0.05, 0.1) is 6.54 Å². The van der Waals surface area contributed by atoms with Gasteiger partial charge in [-0.15, -0.1) is 0 Å². The molecule has 2 heterocycles. The Balaban J connectivity index is 1.96. The third-order valence-corrected chi connectivity index (χ3v) is 4.70. The molecule has 0 saturated heterocycles. The topological polar surface area (TPSA) is 108 Å². The minimum Gasteiger partial charge on any atom is -0.326 e. The van der Waals surface area contributed by atoms with Gasteiger partial charge in [0.2, 0.25) is 11.2 Å². The molecular weight excluding hydrogens is 386 g/mol. The molecule has 0 atom stereocenters. The van der Waals surface area contributed by atoms with Crippen LogP contribution in [0.5, 0.6) is 0 Å². The number of aromatic nitrogens is 4. The van der Waals surface area contributed by atoms with Crippen LogP contribution in [0.4, 0.5) is 5.69 Å². The molecule has 0 aliphatic rings. The lowest BCUT2D eigenvalue weighted by molar-refractivity contribution is -0.115. The van der Waals surface area contributed by atoms with Gasteiger partial charge in [-0.05, 0) is 35.9 Å². The molecule has 1 amide bonds. The fraction of sp³-hybridized carbons (Fsp3) is 0.278. The minimum absolute atomic E-state index is 0.0616. The molecule has 9 nitrogen and oxygen atoms in total. The summed E-state index contributed by atoms with van der Waals surface area (Å²) in [5, 5.41) is 2.64. The molecule has 0 aliphatic heterocycles. The molecule has 0 spiro atoms. The Bertz CT molecular complexity index is 1200. The number of carbonyl (C=O) groups excluding carboxylic acids is 2. The van der Waals surface area contributed by atoms with Crippen LogP contribution >= 0.6 is 11.6 Å². The number of benzene rings is 1. The van der Waals surface area contributed by atoms with Crippen molar-refractivity contribution in [2.24, 2.45) is 14.1 Å². The molecule has 0 saturated carbocycles. The van der Waals surface area contributed by atoms with Crippen LogP contribution in [0.3, 0.4) is 0 Å². The van der Waals surface area contributed by atoms with Crippen molar-refractivity contribution in [2.45, 2.75) is 19.9 Å². The Morgan fingerprint density at radius 3 is 2.36 bits per heavy atom. The number of rotatable bonds is 5. The molecule has 0 aliphatic carbocycles. The number of imidazole rings is 1. The number of halogens is 1. The van der Waals surface area contributed by atoms with Gasteiger partial charge in [0.25, 0.3) is 5.56 Å². The van der Waals surface area contributed by atoms with Crippen molar-refractivity contribution in [1.82, 2.24) is 18.7 Å². The second-order valence-corrected chi connectivity index (χ2v) is 6.59. The van der Waals surface area contributed by atoms with Crippen molar-refractivity contribution in [3.8, 4) is 0 Å². The van der Waals surface area contributed by atoms with E-state index in [1.807, 2.05) is 0 Å². The molecule has 1 N–H and O–H groups in total. The summed E-state index contributed by atoms with van der Waals surface area (Å²) < 4.78 is 3.43. The minimum atomic E-state index is -0.581. The summed E-state index contributed by atoms with van der Waals surface area (Å²) in [6, 6.07) is 6.40. The number of aryl methyl sites for hydroxylation is 1. The van der Waals surface area contributed by atoms with Crippen LogP contribution in [0.2, 0.25) is 5.28 Å². The van der Waals surface area contributed by atoms with E-state index in [0.717, 1.165) is 4.57 Å². The van der Waals surface area contributed by atoms with Gasteiger partial charge in [-0.25, -0.2) is 4.79 Å². The number of fused-ring (bicyclic) bond motifs is 1. The van der Waals surface area contributed by atoms with Crippen molar-refractivity contribution in [2.75, 3.05) is 5.32 Å². The number of hydrogen-bond acceptors (Lipinski definition) is 5. The highest BCUT2D eigenvalue weighted by Crippen LogP contribution is 2.17. The highest BCUT2D eigenvalue weighted by atomic mass is 35.5. The first-order valence-corrected chi connectivity index (χ1v) is 8.87. The summed E-state index contributed by atoms with van der Waals surface area (Å²) in [6.45, 7) is 1.52. The number of ketones is 1. The van der Waals surface area contributed by atoms with Crippen LogP contribution in [-0.4, -0.2) is 30.4 Å². The van der Waals surface area contributed by atoms with Gasteiger partial charge in [0, 0.05) is 31.8 Å². The van der Waals surface area contributed by atoms with Crippen LogP contribution < -0.4 is 16.6 Å². The maximum absolute atomic E-state index is 12.7. The van der Waals surface area contributed by atoms with Crippen LogP contribution in [0.15, 0.2) is 33.9 Å². The molecule has 1 aromatic carbocycles. The van der Waals surface area contributed by atoms with Crippen molar-refractivity contribution < 1.29 is 9.59 Å². The number of carbonyl (C=O) groups is 2. The normalized spacial score (nSPS) is 11.0. The zero-order valence-corrected chi connectivity index (χ0v) is 16.3. The van der Waals surface area contributed by atoms with E-state index < -0.39 is 11.2 Å². The largest absolute Gasteiger partial charge is 0.332 e. The lowest BCUT2D eigenvalue weighted by Crippen LogP contribution is -2.37. The van der Waals surface area contributed by atoms with Gasteiger partial charge < -0.3 is 9.88 Å². The monoisotopic (exact) mass is 403 g/mol. The molecule has 28 heavy (non-hydrogen) atoms. The molecule has 0 fully saturated rings. The average molecular weight is 404 g/mol. The van der Waals surface area contributed by atoms with Gasteiger partial charge in [-0.3, -0.25) is 23.5 Å². The van der Waals surface area contributed by atoms with Crippen molar-refractivity contribution in [3.05, 3.63) is 56.0 Å². The van der Waals surface area contributed by atoms with Gasteiger partial charge in [0.15, 0.2) is 16.9 Å². The fourth-order valence-corrected chi connectivity index (χ4v) is 3.01. The Kier molecular flexibility index (Phi) is 5.19. The summed E-state index contributed by atoms with van der Waals surface area (Å²) >= 11 is 6.13. The number of nitrogens with zero attached hydrogens (tertiary/aromatic N) is 4. The van der Waals surface area contributed by atoms with E-state index in [2.05, 4.69) is 10.3 Å². The molecule has 146 valence electrons. The molecule has 10 heteroatoms. The Labute approximate surface area is 164 Å². The van der Waals surface area contributed by atoms with Crippen LogP contribution in [0, 0.1) is 0 Å². The van der Waals surface area contributed by atoms with E-state index >= 15 is 0 Å². The zero-order chi connectivity index (χ0) is 20.6. The quantitative estimate of drug-likeness (QED) is 0.510. The first kappa shape index (κ1) is 19.6. The standard InChI is InChI=1S/C18H18ClN5O4/c1-4-13(26)20-11-7-5-10(6-8-11)12(25)9-24-14-15(21-17(24)19)22(2)18(28)23(3)16(14)27/h5-8H,4,9H2,1-3H3,(H,20,26). The lowest BCUT2D eigenvalue weighted by atomic mass is 10.1.